The van der Waals surface area contributed by atoms with E-state index in [-0.39, 0.29) is 12.4 Å². The molecule has 0 bridgehead atoms. The fourth-order valence-electron chi connectivity index (χ4n) is 2.30. The van der Waals surface area contributed by atoms with Gasteiger partial charge in [-0.05, 0) is 31.2 Å². The summed E-state index contributed by atoms with van der Waals surface area (Å²) < 4.78 is 48.2. The van der Waals surface area contributed by atoms with E-state index >= 15 is 0 Å². The van der Waals surface area contributed by atoms with E-state index in [9.17, 15) is 32.9 Å². The van der Waals surface area contributed by atoms with Crippen LogP contribution in [0.25, 0.3) is 0 Å². The number of ether oxygens (including phenoxy) is 2. The van der Waals surface area contributed by atoms with Crippen LogP contribution < -0.4 is 4.74 Å². The van der Waals surface area contributed by atoms with Crippen LogP contribution in [0.4, 0.5) is 18.9 Å². The minimum atomic E-state index is -4.69. The zero-order chi connectivity index (χ0) is 22.5. The average molecular weight is 431 g/mol. The van der Waals surface area contributed by atoms with Gasteiger partial charge in [-0.1, -0.05) is 0 Å². The Labute approximate surface area is 167 Å². The topological polar surface area (TPSA) is 114 Å². The zero-order valence-electron chi connectivity index (χ0n) is 15.7. The second kappa shape index (κ2) is 9.50. The molecule has 0 aromatic heterocycles. The maximum atomic E-state index is 12.7. The maximum absolute atomic E-state index is 12.7. The Kier molecular flexibility index (Phi) is 7.29. The Morgan fingerprint density at radius 1 is 1.33 bits per heavy atom. The molecule has 0 N–H and O–H groups in total. The fourth-order valence-corrected chi connectivity index (χ4v) is 2.30. The highest BCUT2D eigenvalue weighted by Gasteiger charge is 2.36. The molecule has 0 amide bonds. The molecule has 1 aromatic carbocycles. The van der Waals surface area contributed by atoms with Crippen molar-refractivity contribution in [2.24, 2.45) is 0 Å². The first-order chi connectivity index (χ1) is 14.0. The highest BCUT2D eigenvalue weighted by Crippen LogP contribution is 2.30. The number of rotatable bonds is 8. The molecule has 0 saturated heterocycles. The van der Waals surface area contributed by atoms with Crippen molar-refractivity contribution < 1.29 is 46.9 Å². The summed E-state index contributed by atoms with van der Waals surface area (Å²) in [7, 11) is 0. The van der Waals surface area contributed by atoms with Crippen molar-refractivity contribution in [1.29, 1.82) is 0 Å². The van der Waals surface area contributed by atoms with Gasteiger partial charge in [0.1, 0.15) is 11.3 Å². The highest BCUT2D eigenvalue weighted by molar-refractivity contribution is 5.98. The standard InChI is InChI=1S/C18H16F3NO8/c1-3-27-30-10(2)28-17(24)13-9-12(5-6-14(13)22(25)26)29-16-7-4-11(8-15(16)23)18(19,20)21/h4-10,16H,3H2,1-2H3. The number of alkyl halides is 3. The van der Waals surface area contributed by atoms with Crippen molar-refractivity contribution in [3.05, 3.63) is 57.7 Å². The van der Waals surface area contributed by atoms with E-state index in [1.807, 2.05) is 0 Å². The summed E-state index contributed by atoms with van der Waals surface area (Å²) in [5.74, 6) is -2.28. The molecule has 30 heavy (non-hydrogen) atoms. The molecule has 1 aliphatic carbocycles. The lowest BCUT2D eigenvalue weighted by atomic mass is 10.0. The summed E-state index contributed by atoms with van der Waals surface area (Å²) in [6.07, 6.45) is -5.32. The van der Waals surface area contributed by atoms with Crippen molar-refractivity contribution in [2.45, 2.75) is 32.4 Å². The third kappa shape index (κ3) is 5.87. The maximum Gasteiger partial charge on any atom is 0.416 e. The number of nitro groups is 1. The number of carbonyl (C=O) groups excluding carboxylic acids is 2. The molecule has 2 rings (SSSR count). The minimum absolute atomic E-state index is 0.165. The Bertz CT molecular complexity index is 894. The summed E-state index contributed by atoms with van der Waals surface area (Å²) in [5.41, 5.74) is -2.26. The largest absolute Gasteiger partial charge is 0.478 e. The molecule has 0 fully saturated rings. The van der Waals surface area contributed by atoms with Crippen LogP contribution in [0, 0.1) is 10.1 Å². The Morgan fingerprint density at radius 2 is 2.03 bits per heavy atom. The first-order valence-electron chi connectivity index (χ1n) is 8.48. The summed E-state index contributed by atoms with van der Waals surface area (Å²) in [6, 6.07) is 2.98. The molecule has 12 heteroatoms. The second-order valence-electron chi connectivity index (χ2n) is 5.81. The molecule has 0 saturated carbocycles. The molecule has 2 atom stereocenters. The zero-order valence-corrected chi connectivity index (χ0v) is 15.7. The molecule has 162 valence electrons. The Morgan fingerprint density at radius 3 is 2.60 bits per heavy atom. The summed E-state index contributed by atoms with van der Waals surface area (Å²) >= 11 is 0. The van der Waals surface area contributed by atoms with E-state index in [4.69, 9.17) is 14.4 Å². The fraction of sp³-hybridized carbons (Fsp3) is 0.333. The first kappa shape index (κ1) is 23.0. The van der Waals surface area contributed by atoms with Crippen LogP contribution in [-0.4, -0.2) is 41.9 Å². The number of allylic oxidation sites excluding steroid dienone is 2. The van der Waals surface area contributed by atoms with Gasteiger partial charge in [0.25, 0.3) is 5.69 Å². The Hall–Kier alpha value is -3.25. The number of hydrogen-bond acceptors (Lipinski definition) is 8. The van der Waals surface area contributed by atoms with Gasteiger partial charge in [0.05, 0.1) is 17.1 Å². The molecule has 1 aliphatic rings. The highest BCUT2D eigenvalue weighted by atomic mass is 19.4. The quantitative estimate of drug-likeness (QED) is 0.202. The van der Waals surface area contributed by atoms with E-state index < -0.39 is 52.1 Å². The first-order valence-corrected chi connectivity index (χ1v) is 8.48. The van der Waals surface area contributed by atoms with E-state index in [0.29, 0.717) is 12.2 Å². The number of halogens is 3. The number of carbonyl (C=O) groups is 2. The third-order valence-corrected chi connectivity index (χ3v) is 3.60. The van der Waals surface area contributed by atoms with Crippen LogP contribution in [0.15, 0.2) is 42.0 Å². The average Bonchev–Trinajstić information content (AvgIpc) is 2.66. The molecule has 0 spiro atoms. The van der Waals surface area contributed by atoms with Gasteiger partial charge in [-0.2, -0.15) is 18.1 Å². The normalized spacial score (nSPS) is 17.3. The van der Waals surface area contributed by atoms with Crippen LogP contribution in [0.1, 0.15) is 24.2 Å². The monoisotopic (exact) mass is 431 g/mol. The number of benzene rings is 1. The van der Waals surface area contributed by atoms with E-state index in [0.717, 1.165) is 24.3 Å². The van der Waals surface area contributed by atoms with Gasteiger partial charge in [0.15, 0.2) is 6.10 Å². The molecule has 2 unspecified atom stereocenters. The van der Waals surface area contributed by atoms with Gasteiger partial charge >= 0.3 is 12.1 Å². The molecule has 0 heterocycles. The molecule has 0 radical (unpaired) electrons. The van der Waals surface area contributed by atoms with Crippen molar-refractivity contribution in [1.82, 2.24) is 0 Å². The second-order valence-corrected chi connectivity index (χ2v) is 5.81. The van der Waals surface area contributed by atoms with Gasteiger partial charge < -0.3 is 9.47 Å². The minimum Gasteiger partial charge on any atom is -0.478 e. The van der Waals surface area contributed by atoms with E-state index in [2.05, 4.69) is 4.89 Å². The van der Waals surface area contributed by atoms with Crippen LogP contribution in [0.5, 0.6) is 5.75 Å². The van der Waals surface area contributed by atoms with Crippen LogP contribution in [-0.2, 0) is 19.3 Å². The van der Waals surface area contributed by atoms with Crippen LogP contribution >= 0.6 is 0 Å². The van der Waals surface area contributed by atoms with Crippen molar-refractivity contribution in [2.75, 3.05) is 6.61 Å². The van der Waals surface area contributed by atoms with Crippen molar-refractivity contribution in [3.63, 3.8) is 0 Å². The van der Waals surface area contributed by atoms with Gasteiger partial charge in [-0.3, -0.25) is 14.9 Å². The smallest absolute Gasteiger partial charge is 0.416 e. The molecule has 9 nitrogen and oxygen atoms in total. The van der Waals surface area contributed by atoms with Crippen molar-refractivity contribution in [3.8, 4) is 5.75 Å². The molecular formula is C18H16F3NO8. The molecule has 0 aliphatic heterocycles. The lowest BCUT2D eigenvalue weighted by Crippen LogP contribution is -2.28. The predicted octanol–water partition coefficient (Wildman–Crippen LogP) is 3.44. The third-order valence-electron chi connectivity index (χ3n) is 3.60. The van der Waals surface area contributed by atoms with Crippen LogP contribution in [0.3, 0.4) is 0 Å². The summed E-state index contributed by atoms with van der Waals surface area (Å²) in [4.78, 5) is 43.8. The lowest BCUT2D eigenvalue weighted by molar-refractivity contribution is -0.385. The van der Waals surface area contributed by atoms with Crippen molar-refractivity contribution >= 4 is 17.4 Å². The number of nitro benzene ring substituents is 1. The predicted molar refractivity (Wildman–Crippen MR) is 93.4 cm³/mol. The molecular weight excluding hydrogens is 415 g/mol. The number of hydrogen-bond donors (Lipinski definition) is 0. The number of ketones is 1. The van der Waals surface area contributed by atoms with E-state index in [1.165, 1.54) is 6.92 Å². The van der Waals surface area contributed by atoms with Gasteiger partial charge in [-0.25, -0.2) is 9.68 Å². The summed E-state index contributed by atoms with van der Waals surface area (Å²) in [6.45, 7) is 3.10. The van der Waals surface area contributed by atoms with E-state index in [1.54, 1.807) is 6.92 Å². The lowest BCUT2D eigenvalue weighted by Gasteiger charge is -2.18. The Balaban J connectivity index is 2.21. The van der Waals surface area contributed by atoms with Gasteiger partial charge in [0, 0.05) is 19.1 Å². The SMILES string of the molecule is CCOOC(C)OC(=O)c1cc(OC2C=CC(C(F)(F)F)=CC2=O)ccc1[N+](=O)[O-]. The molecule has 1 aromatic rings. The summed E-state index contributed by atoms with van der Waals surface area (Å²) in [5, 5.41) is 11.2. The number of nitrogens with zero attached hydrogens (tertiary/aromatic N) is 1. The van der Waals surface area contributed by atoms with Gasteiger partial charge in [-0.15, -0.1) is 0 Å². The van der Waals surface area contributed by atoms with Crippen LogP contribution in [0.2, 0.25) is 0 Å². The van der Waals surface area contributed by atoms with Gasteiger partial charge in [0.2, 0.25) is 12.1 Å². The number of esters is 1.